The highest BCUT2D eigenvalue weighted by Gasteiger charge is 2.25. The number of nitrogens with one attached hydrogen (secondary N) is 1. The summed E-state index contributed by atoms with van der Waals surface area (Å²) in [5.41, 5.74) is 1.85. The fourth-order valence-electron chi connectivity index (χ4n) is 2.03. The van der Waals surface area contributed by atoms with Crippen LogP contribution in [0.1, 0.15) is 23.7 Å². The summed E-state index contributed by atoms with van der Waals surface area (Å²) in [4.78, 5) is 21.8. The molecule has 0 spiro atoms. The molecule has 108 valence electrons. The van der Waals surface area contributed by atoms with E-state index in [-0.39, 0.29) is 11.1 Å². The van der Waals surface area contributed by atoms with E-state index in [1.807, 2.05) is 31.2 Å². The van der Waals surface area contributed by atoms with E-state index in [2.05, 4.69) is 15.0 Å². The zero-order chi connectivity index (χ0) is 15.0. The first kappa shape index (κ1) is 13.6. The Hall–Kier alpha value is -2.35. The summed E-state index contributed by atoms with van der Waals surface area (Å²) < 4.78 is 5.61. The maximum atomic E-state index is 11.0. The van der Waals surface area contributed by atoms with Gasteiger partial charge in [-0.1, -0.05) is 23.9 Å². The summed E-state index contributed by atoms with van der Waals surface area (Å²) in [6.07, 6.45) is 0. The Balaban J connectivity index is 1.89. The first-order chi connectivity index (χ1) is 10.0. The summed E-state index contributed by atoms with van der Waals surface area (Å²) in [6.45, 7) is 3.52. The first-order valence-corrected chi connectivity index (χ1v) is 7.15. The predicted molar refractivity (Wildman–Crippen MR) is 78.3 cm³/mol. The summed E-state index contributed by atoms with van der Waals surface area (Å²) in [5.74, 6) is 0.435. The van der Waals surface area contributed by atoms with Gasteiger partial charge >= 0.3 is 5.82 Å². The zero-order valence-electron chi connectivity index (χ0n) is 11.4. The topological polar surface area (TPSA) is 97.8 Å². The van der Waals surface area contributed by atoms with Gasteiger partial charge in [-0.2, -0.15) is 0 Å². The van der Waals surface area contributed by atoms with Crippen LogP contribution >= 0.6 is 11.8 Å². The van der Waals surface area contributed by atoms with E-state index < -0.39 is 4.92 Å². The van der Waals surface area contributed by atoms with Crippen molar-refractivity contribution in [3.63, 3.8) is 0 Å². The largest absolute Gasteiger partial charge is 0.431 e. The van der Waals surface area contributed by atoms with Crippen LogP contribution < -0.4 is 0 Å². The number of thioether (sulfide) groups is 1. The number of aryl methyl sites for hydroxylation is 1. The molecule has 0 amide bonds. The molecule has 3 aromatic rings. The number of hydrogen-bond acceptors (Lipinski definition) is 6. The number of aromatic nitrogens is 3. The molecule has 7 nitrogen and oxygen atoms in total. The van der Waals surface area contributed by atoms with Crippen molar-refractivity contribution in [2.45, 2.75) is 24.3 Å². The SMILES string of the molecule is Cc1nc(C(C)Sc2nc3ccccc3o2)c([N+](=O)[O-])[nH]1. The van der Waals surface area contributed by atoms with Crippen molar-refractivity contribution in [1.82, 2.24) is 15.0 Å². The van der Waals surface area contributed by atoms with Crippen molar-refractivity contribution in [2.75, 3.05) is 0 Å². The van der Waals surface area contributed by atoms with Crippen LogP contribution in [0.2, 0.25) is 0 Å². The van der Waals surface area contributed by atoms with Gasteiger partial charge in [0, 0.05) is 6.92 Å². The number of hydrogen-bond donors (Lipinski definition) is 1. The zero-order valence-corrected chi connectivity index (χ0v) is 12.2. The van der Waals surface area contributed by atoms with Gasteiger partial charge in [-0.25, -0.2) is 15.0 Å². The quantitative estimate of drug-likeness (QED) is 0.449. The number of H-pyrrole nitrogens is 1. The third-order valence-electron chi connectivity index (χ3n) is 2.95. The van der Waals surface area contributed by atoms with E-state index in [0.717, 1.165) is 5.52 Å². The number of fused-ring (bicyclic) bond motifs is 1. The van der Waals surface area contributed by atoms with E-state index in [1.165, 1.54) is 11.8 Å². The van der Waals surface area contributed by atoms with Gasteiger partial charge in [0.2, 0.25) is 0 Å². The molecule has 8 heteroatoms. The highest BCUT2D eigenvalue weighted by atomic mass is 32.2. The molecule has 2 aromatic heterocycles. The van der Waals surface area contributed by atoms with Crippen molar-refractivity contribution in [3.05, 3.63) is 45.9 Å². The average molecular weight is 304 g/mol. The van der Waals surface area contributed by atoms with Crippen LogP contribution in [-0.4, -0.2) is 19.9 Å². The third-order valence-corrected chi connectivity index (χ3v) is 3.90. The van der Waals surface area contributed by atoms with Crippen LogP contribution in [0.5, 0.6) is 0 Å². The van der Waals surface area contributed by atoms with Gasteiger partial charge in [0.1, 0.15) is 5.52 Å². The molecule has 0 aliphatic rings. The predicted octanol–water partition coefficient (Wildman–Crippen LogP) is 3.62. The number of oxazole rings is 1. The standard InChI is InChI=1S/C13H12N4O3S/c1-7(11-12(17(18)19)15-8(2)14-11)21-13-16-9-5-3-4-6-10(9)20-13/h3-7H,1-2H3,(H,14,15). The summed E-state index contributed by atoms with van der Waals surface area (Å²) >= 11 is 1.30. The van der Waals surface area contributed by atoms with Crippen molar-refractivity contribution in [3.8, 4) is 0 Å². The van der Waals surface area contributed by atoms with Gasteiger partial charge in [-0.15, -0.1) is 0 Å². The normalized spacial score (nSPS) is 12.7. The monoisotopic (exact) mass is 304 g/mol. The van der Waals surface area contributed by atoms with Crippen molar-refractivity contribution in [1.29, 1.82) is 0 Å². The summed E-state index contributed by atoms with van der Waals surface area (Å²) in [7, 11) is 0. The van der Waals surface area contributed by atoms with Crippen LogP contribution in [0, 0.1) is 17.0 Å². The fraction of sp³-hybridized carbons (Fsp3) is 0.231. The second-order valence-electron chi connectivity index (χ2n) is 4.52. The Morgan fingerprint density at radius 2 is 2.14 bits per heavy atom. The smallest absolute Gasteiger partial charge is 0.345 e. The second-order valence-corrected chi connectivity index (χ2v) is 5.81. The number of para-hydroxylation sites is 2. The maximum absolute atomic E-state index is 11.0. The highest BCUT2D eigenvalue weighted by molar-refractivity contribution is 7.99. The summed E-state index contributed by atoms with van der Waals surface area (Å²) in [6, 6.07) is 7.44. The molecule has 1 N–H and O–H groups in total. The lowest BCUT2D eigenvalue weighted by atomic mass is 10.3. The van der Waals surface area contributed by atoms with E-state index in [1.54, 1.807) is 6.92 Å². The Kier molecular flexibility index (Phi) is 3.38. The molecule has 1 aromatic carbocycles. The molecule has 0 fully saturated rings. The van der Waals surface area contributed by atoms with E-state index in [4.69, 9.17) is 4.42 Å². The van der Waals surface area contributed by atoms with Crippen LogP contribution in [0.4, 0.5) is 5.82 Å². The lowest BCUT2D eigenvalue weighted by molar-refractivity contribution is -0.390. The lowest BCUT2D eigenvalue weighted by Gasteiger charge is -2.04. The van der Waals surface area contributed by atoms with Crippen molar-refractivity contribution < 1.29 is 9.34 Å². The molecular weight excluding hydrogens is 292 g/mol. The molecule has 0 saturated heterocycles. The molecule has 0 saturated carbocycles. The van der Waals surface area contributed by atoms with E-state index in [9.17, 15) is 10.1 Å². The molecule has 0 bridgehead atoms. The number of rotatable bonds is 4. The van der Waals surface area contributed by atoms with Crippen LogP contribution in [0.25, 0.3) is 11.1 Å². The number of nitro groups is 1. The van der Waals surface area contributed by atoms with Gasteiger partial charge in [-0.3, -0.25) is 0 Å². The molecule has 1 atom stereocenters. The minimum absolute atomic E-state index is 0.0800. The number of nitrogens with zero attached hydrogens (tertiary/aromatic N) is 3. The van der Waals surface area contributed by atoms with Gasteiger partial charge in [-0.05, 0) is 24.0 Å². The molecule has 0 aliphatic carbocycles. The molecule has 21 heavy (non-hydrogen) atoms. The Bertz CT molecular complexity index is 778. The highest BCUT2D eigenvalue weighted by Crippen LogP contribution is 2.38. The molecular formula is C13H12N4O3S. The fourth-order valence-corrected chi connectivity index (χ4v) is 2.90. The van der Waals surface area contributed by atoms with Gasteiger partial charge < -0.3 is 14.5 Å². The summed E-state index contributed by atoms with van der Waals surface area (Å²) in [5, 5.41) is 11.2. The first-order valence-electron chi connectivity index (χ1n) is 6.27. The molecule has 0 radical (unpaired) electrons. The van der Waals surface area contributed by atoms with Crippen molar-refractivity contribution in [2.24, 2.45) is 0 Å². The van der Waals surface area contributed by atoms with E-state index in [0.29, 0.717) is 22.3 Å². The maximum Gasteiger partial charge on any atom is 0.345 e. The third kappa shape index (κ3) is 2.62. The minimum Gasteiger partial charge on any atom is -0.431 e. The number of imidazole rings is 1. The van der Waals surface area contributed by atoms with Crippen molar-refractivity contribution >= 4 is 28.7 Å². The Labute approximate surface area is 123 Å². The second kappa shape index (κ2) is 5.21. The van der Waals surface area contributed by atoms with Gasteiger partial charge in [0.15, 0.2) is 17.1 Å². The minimum atomic E-state index is -0.460. The Morgan fingerprint density at radius 1 is 1.38 bits per heavy atom. The molecule has 2 heterocycles. The van der Waals surface area contributed by atoms with Gasteiger partial charge in [0.05, 0.1) is 5.25 Å². The van der Waals surface area contributed by atoms with Crippen LogP contribution in [-0.2, 0) is 0 Å². The Morgan fingerprint density at radius 3 is 2.86 bits per heavy atom. The molecule has 3 rings (SSSR count). The van der Waals surface area contributed by atoms with Gasteiger partial charge in [0.25, 0.3) is 5.22 Å². The number of aromatic amines is 1. The lowest BCUT2D eigenvalue weighted by Crippen LogP contribution is -1.96. The molecule has 1 unspecified atom stereocenters. The number of benzene rings is 1. The average Bonchev–Trinajstić information content (AvgIpc) is 3.01. The van der Waals surface area contributed by atoms with Crippen LogP contribution in [0.3, 0.4) is 0 Å². The van der Waals surface area contributed by atoms with E-state index >= 15 is 0 Å². The molecule has 0 aliphatic heterocycles. The van der Waals surface area contributed by atoms with Crippen LogP contribution in [0.15, 0.2) is 33.9 Å².